The molecule has 0 fully saturated rings. The molecule has 33 heavy (non-hydrogen) atoms. The number of carboxylic acids is 1. The zero-order chi connectivity index (χ0) is 24.8. The molecule has 0 aliphatic rings. The number of amides is 3. The van der Waals surface area contributed by atoms with Crippen molar-refractivity contribution in [3.8, 4) is 0 Å². The number of unbranched alkanes of at least 4 members (excludes halogenated alkanes) is 1. The molecule has 4 atom stereocenters. The van der Waals surface area contributed by atoms with E-state index in [2.05, 4.69) is 41.2 Å². The maximum atomic E-state index is 12.8. The van der Waals surface area contributed by atoms with Crippen molar-refractivity contribution >= 4 is 48.9 Å². The van der Waals surface area contributed by atoms with Crippen molar-refractivity contribution in [1.82, 2.24) is 16.0 Å². The highest BCUT2D eigenvalue weighted by molar-refractivity contribution is 7.80. The fourth-order valence-electron chi connectivity index (χ4n) is 2.91. The number of carbonyl (C=O) groups is 4. The van der Waals surface area contributed by atoms with E-state index < -0.39 is 47.9 Å². The Labute approximate surface area is 204 Å². The minimum atomic E-state index is -1.20. The molecule has 3 amide bonds. The molecular weight excluding hydrogens is 466 g/mol. The third kappa shape index (κ3) is 10.5. The number of rotatable bonds is 15. The average Bonchev–Trinajstić information content (AvgIpc) is 2.81. The summed E-state index contributed by atoms with van der Waals surface area (Å²) in [5.74, 6) is -3.02. The Bertz CT molecular complexity index is 784. The maximum Gasteiger partial charge on any atom is 0.326 e. The second-order valence-electron chi connectivity index (χ2n) is 7.47. The van der Waals surface area contributed by atoms with Crippen LogP contribution in [0.25, 0.3) is 0 Å². The molecule has 184 valence electrons. The van der Waals surface area contributed by atoms with E-state index in [0.717, 1.165) is 5.56 Å². The predicted molar refractivity (Wildman–Crippen MR) is 132 cm³/mol. The van der Waals surface area contributed by atoms with E-state index in [4.69, 9.17) is 11.5 Å². The minimum absolute atomic E-state index is 0.0745. The van der Waals surface area contributed by atoms with E-state index in [1.54, 1.807) is 30.3 Å². The molecule has 0 spiro atoms. The number of aliphatic carboxylic acids is 1. The van der Waals surface area contributed by atoms with Crippen molar-refractivity contribution in [2.45, 2.75) is 49.9 Å². The van der Waals surface area contributed by atoms with Crippen LogP contribution in [-0.4, -0.2) is 71.0 Å². The van der Waals surface area contributed by atoms with E-state index in [0.29, 0.717) is 25.8 Å². The highest BCUT2D eigenvalue weighted by atomic mass is 32.1. The molecule has 10 nitrogen and oxygen atoms in total. The molecule has 12 heteroatoms. The number of carbonyl (C=O) groups excluding carboxylic acids is 3. The Morgan fingerprint density at radius 1 is 0.848 bits per heavy atom. The van der Waals surface area contributed by atoms with Crippen LogP contribution in [-0.2, 0) is 25.6 Å². The van der Waals surface area contributed by atoms with Crippen LogP contribution in [0.15, 0.2) is 30.3 Å². The lowest BCUT2D eigenvalue weighted by Gasteiger charge is -2.24. The number of thiol groups is 2. The number of nitrogens with one attached hydrogen (secondary N) is 3. The molecule has 4 unspecified atom stereocenters. The fourth-order valence-corrected chi connectivity index (χ4v) is 3.33. The van der Waals surface area contributed by atoms with Crippen LogP contribution < -0.4 is 27.4 Å². The van der Waals surface area contributed by atoms with E-state index >= 15 is 0 Å². The van der Waals surface area contributed by atoms with Gasteiger partial charge in [-0.1, -0.05) is 30.3 Å². The van der Waals surface area contributed by atoms with E-state index in [-0.39, 0.29) is 17.9 Å². The SMILES string of the molecule is NCCCCC(NC(=O)C(N)CS)C(=O)NC(CS)C(=O)NC(Cc1ccccc1)C(=O)O. The van der Waals surface area contributed by atoms with Gasteiger partial charge in [-0.25, -0.2) is 4.79 Å². The third-order valence-corrected chi connectivity index (χ3v) is 5.58. The first-order chi connectivity index (χ1) is 15.7. The van der Waals surface area contributed by atoms with Gasteiger partial charge >= 0.3 is 5.97 Å². The summed E-state index contributed by atoms with van der Waals surface area (Å²) in [6.07, 6.45) is 1.59. The molecular formula is C21H33N5O5S2. The summed E-state index contributed by atoms with van der Waals surface area (Å²) < 4.78 is 0. The molecule has 1 aromatic carbocycles. The zero-order valence-electron chi connectivity index (χ0n) is 18.3. The molecule has 0 bridgehead atoms. The number of benzene rings is 1. The average molecular weight is 500 g/mol. The van der Waals surface area contributed by atoms with Gasteiger partial charge in [-0.05, 0) is 31.4 Å². The highest BCUT2D eigenvalue weighted by Gasteiger charge is 2.29. The molecule has 0 radical (unpaired) electrons. The first-order valence-corrected chi connectivity index (χ1v) is 11.8. The Kier molecular flexibility index (Phi) is 13.5. The van der Waals surface area contributed by atoms with Crippen LogP contribution in [0.4, 0.5) is 0 Å². The molecule has 0 saturated carbocycles. The molecule has 8 N–H and O–H groups in total. The van der Waals surface area contributed by atoms with Crippen LogP contribution in [0.2, 0.25) is 0 Å². The minimum Gasteiger partial charge on any atom is -0.480 e. The highest BCUT2D eigenvalue weighted by Crippen LogP contribution is 2.06. The maximum absolute atomic E-state index is 12.8. The van der Waals surface area contributed by atoms with Crippen molar-refractivity contribution in [2.75, 3.05) is 18.1 Å². The van der Waals surface area contributed by atoms with Gasteiger partial charge in [-0.3, -0.25) is 14.4 Å². The van der Waals surface area contributed by atoms with Crippen molar-refractivity contribution in [1.29, 1.82) is 0 Å². The van der Waals surface area contributed by atoms with Gasteiger partial charge in [0.15, 0.2) is 0 Å². The third-order valence-electron chi connectivity index (χ3n) is 4.83. The Morgan fingerprint density at radius 3 is 1.97 bits per heavy atom. The Balaban J connectivity index is 2.84. The van der Waals surface area contributed by atoms with Gasteiger partial charge in [0.05, 0.1) is 6.04 Å². The summed E-state index contributed by atoms with van der Waals surface area (Å²) in [6, 6.07) is 4.72. The van der Waals surface area contributed by atoms with Gasteiger partial charge < -0.3 is 32.5 Å². The molecule has 0 aliphatic carbocycles. The lowest BCUT2D eigenvalue weighted by molar-refractivity contribution is -0.142. The van der Waals surface area contributed by atoms with Gasteiger partial charge in [0.25, 0.3) is 0 Å². The van der Waals surface area contributed by atoms with Crippen molar-refractivity contribution < 1.29 is 24.3 Å². The predicted octanol–water partition coefficient (Wildman–Crippen LogP) is -0.916. The lowest BCUT2D eigenvalue weighted by Crippen LogP contribution is -2.58. The van der Waals surface area contributed by atoms with Gasteiger partial charge in [-0.15, -0.1) is 0 Å². The number of hydrogen-bond donors (Lipinski definition) is 8. The summed E-state index contributed by atoms with van der Waals surface area (Å²) >= 11 is 8.10. The standard InChI is InChI=1S/C21H33N5O5S2/c22-9-5-4-8-15(24-18(27)14(23)11-32)19(28)26-17(12-33)20(29)25-16(21(30)31)10-13-6-2-1-3-7-13/h1-3,6-7,14-17,32-33H,4-5,8-12,22-23H2,(H,24,27)(H,25,29)(H,26,28)(H,30,31). The Morgan fingerprint density at radius 2 is 1.42 bits per heavy atom. The summed E-state index contributed by atoms with van der Waals surface area (Å²) in [6.45, 7) is 0.429. The second-order valence-corrected chi connectivity index (χ2v) is 8.20. The van der Waals surface area contributed by atoms with Crippen molar-refractivity contribution in [3.05, 3.63) is 35.9 Å². The van der Waals surface area contributed by atoms with E-state index in [1.165, 1.54) is 0 Å². The number of carboxylic acid groups (broad SMARTS) is 1. The van der Waals surface area contributed by atoms with Crippen LogP contribution in [0.1, 0.15) is 24.8 Å². The summed E-state index contributed by atoms with van der Waals surface area (Å²) in [5.41, 5.74) is 11.9. The quantitative estimate of drug-likeness (QED) is 0.114. The fraction of sp³-hybridized carbons (Fsp3) is 0.524. The van der Waals surface area contributed by atoms with Crippen LogP contribution in [0.5, 0.6) is 0 Å². The van der Waals surface area contributed by atoms with Gasteiger partial charge in [0, 0.05) is 17.9 Å². The summed E-state index contributed by atoms with van der Waals surface area (Å²) in [7, 11) is 0. The summed E-state index contributed by atoms with van der Waals surface area (Å²) in [5, 5.41) is 17.1. The first-order valence-electron chi connectivity index (χ1n) is 10.6. The van der Waals surface area contributed by atoms with Gasteiger partial charge in [0.1, 0.15) is 18.1 Å². The number of nitrogens with two attached hydrogens (primary N) is 2. The van der Waals surface area contributed by atoms with Gasteiger partial charge in [-0.2, -0.15) is 25.3 Å². The molecule has 0 heterocycles. The van der Waals surface area contributed by atoms with Gasteiger partial charge in [0.2, 0.25) is 17.7 Å². The molecule has 1 aromatic rings. The van der Waals surface area contributed by atoms with Crippen LogP contribution >= 0.6 is 25.3 Å². The lowest BCUT2D eigenvalue weighted by atomic mass is 10.1. The topological polar surface area (TPSA) is 177 Å². The number of hydrogen-bond acceptors (Lipinski definition) is 8. The van der Waals surface area contributed by atoms with Crippen molar-refractivity contribution in [2.24, 2.45) is 11.5 Å². The van der Waals surface area contributed by atoms with Crippen molar-refractivity contribution in [3.63, 3.8) is 0 Å². The van der Waals surface area contributed by atoms with Crippen LogP contribution in [0.3, 0.4) is 0 Å². The summed E-state index contributed by atoms with van der Waals surface area (Å²) in [4.78, 5) is 49.3. The monoisotopic (exact) mass is 499 g/mol. The molecule has 1 rings (SSSR count). The van der Waals surface area contributed by atoms with Crippen LogP contribution in [0, 0.1) is 0 Å². The largest absolute Gasteiger partial charge is 0.480 e. The second kappa shape index (κ2) is 15.5. The van der Waals surface area contributed by atoms with E-state index in [9.17, 15) is 24.3 Å². The first kappa shape index (κ1) is 28.8. The normalized spacial score (nSPS) is 14.4. The molecule has 0 saturated heterocycles. The van der Waals surface area contributed by atoms with E-state index in [1.807, 2.05) is 0 Å². The zero-order valence-corrected chi connectivity index (χ0v) is 20.1. The molecule has 0 aliphatic heterocycles. The smallest absolute Gasteiger partial charge is 0.326 e. The Hall–Kier alpha value is -2.28. The molecule has 0 aromatic heterocycles.